The Morgan fingerprint density at radius 1 is 0.878 bits per heavy atom. The summed E-state index contributed by atoms with van der Waals surface area (Å²) in [5, 5.41) is 3.51. The van der Waals surface area contributed by atoms with Crippen LogP contribution in [0.3, 0.4) is 0 Å². The van der Waals surface area contributed by atoms with Crippen LogP contribution in [0, 0.1) is 13.8 Å². The predicted molar refractivity (Wildman–Crippen MR) is 165 cm³/mol. The Morgan fingerprint density at radius 3 is 2.41 bits per heavy atom. The largest absolute Gasteiger partial charge is 0.308 e. The van der Waals surface area contributed by atoms with Gasteiger partial charge in [-0.15, -0.1) is 11.3 Å². The smallest absolute Gasteiger partial charge is 0.258 e. The van der Waals surface area contributed by atoms with Crippen LogP contribution in [0.2, 0.25) is 0 Å². The number of carbonyl (C=O) groups excluding carboxylic acids is 2. The lowest BCUT2D eigenvalue weighted by molar-refractivity contribution is 0.0987. The lowest BCUT2D eigenvalue weighted by Crippen LogP contribution is -2.28. The standard InChI is InChI=1S/C33H31N5O2S/c1-5-25-26(6-2)35-28-18-23(10-12-27(28)34-25)31(39)37-33-36-30(20(4)41-33)22-11-13-29-21(17-22)14-15-38(29)32(40)24-9-7-8-19(3)16-24/h7-13,16-18H,5-6,14-15H2,1-4H3,(H,36,37,39). The van der Waals surface area contributed by atoms with E-state index in [2.05, 4.69) is 25.2 Å². The molecule has 0 bridgehead atoms. The molecule has 206 valence electrons. The van der Waals surface area contributed by atoms with Crippen molar-refractivity contribution in [2.45, 2.75) is 47.0 Å². The summed E-state index contributed by atoms with van der Waals surface area (Å²) in [7, 11) is 0. The van der Waals surface area contributed by atoms with E-state index >= 15 is 0 Å². The number of carbonyl (C=O) groups is 2. The van der Waals surface area contributed by atoms with Gasteiger partial charge < -0.3 is 4.90 Å². The molecule has 0 saturated heterocycles. The summed E-state index contributed by atoms with van der Waals surface area (Å²) in [5.41, 5.74) is 9.64. The highest BCUT2D eigenvalue weighted by Gasteiger charge is 2.26. The van der Waals surface area contributed by atoms with E-state index in [0.29, 0.717) is 22.8 Å². The molecule has 2 aromatic heterocycles. The third-order valence-electron chi connectivity index (χ3n) is 7.53. The quantitative estimate of drug-likeness (QED) is 0.242. The Balaban J connectivity index is 1.21. The second kappa shape index (κ2) is 10.9. The van der Waals surface area contributed by atoms with Gasteiger partial charge >= 0.3 is 0 Å². The molecular weight excluding hydrogens is 530 g/mol. The first kappa shape index (κ1) is 26.8. The van der Waals surface area contributed by atoms with E-state index in [1.807, 2.05) is 61.2 Å². The van der Waals surface area contributed by atoms with E-state index in [0.717, 1.165) is 74.6 Å². The molecule has 0 fully saturated rings. The summed E-state index contributed by atoms with van der Waals surface area (Å²) in [6.45, 7) is 8.79. The fraction of sp³-hybridized carbons (Fsp3) is 0.242. The minimum Gasteiger partial charge on any atom is -0.308 e. The van der Waals surface area contributed by atoms with Gasteiger partial charge in [0.05, 0.1) is 28.1 Å². The number of thiazole rings is 1. The fourth-order valence-electron chi connectivity index (χ4n) is 5.42. The van der Waals surface area contributed by atoms with Crippen LogP contribution in [-0.4, -0.2) is 33.3 Å². The zero-order valence-electron chi connectivity index (χ0n) is 23.6. The monoisotopic (exact) mass is 561 g/mol. The van der Waals surface area contributed by atoms with Gasteiger partial charge in [0.2, 0.25) is 0 Å². The number of rotatable bonds is 6. The molecule has 0 unspecified atom stereocenters. The van der Waals surface area contributed by atoms with Gasteiger partial charge in [0.25, 0.3) is 11.8 Å². The number of benzene rings is 3. The molecule has 0 aliphatic carbocycles. The number of aryl methyl sites for hydroxylation is 4. The molecule has 3 heterocycles. The van der Waals surface area contributed by atoms with Crippen molar-refractivity contribution in [1.29, 1.82) is 0 Å². The van der Waals surface area contributed by atoms with Gasteiger partial charge in [0, 0.05) is 33.8 Å². The molecule has 0 saturated carbocycles. The zero-order chi connectivity index (χ0) is 28.7. The topological polar surface area (TPSA) is 88.1 Å². The number of anilines is 2. The summed E-state index contributed by atoms with van der Waals surface area (Å²) in [6.07, 6.45) is 2.42. The van der Waals surface area contributed by atoms with Crippen LogP contribution < -0.4 is 10.2 Å². The Hall–Kier alpha value is -4.43. The number of hydrogen-bond acceptors (Lipinski definition) is 6. The molecule has 41 heavy (non-hydrogen) atoms. The summed E-state index contributed by atoms with van der Waals surface area (Å²) in [6, 6.07) is 19.3. The maximum Gasteiger partial charge on any atom is 0.258 e. The molecule has 0 atom stereocenters. The molecular formula is C33H31N5O2S. The molecule has 1 aliphatic heterocycles. The maximum absolute atomic E-state index is 13.2. The van der Waals surface area contributed by atoms with E-state index in [4.69, 9.17) is 15.0 Å². The second-order valence-electron chi connectivity index (χ2n) is 10.3. The second-order valence-corrected chi connectivity index (χ2v) is 11.5. The maximum atomic E-state index is 13.2. The van der Waals surface area contributed by atoms with Crippen molar-refractivity contribution in [2.24, 2.45) is 0 Å². The third kappa shape index (κ3) is 5.11. The Labute approximate surface area is 243 Å². The van der Waals surface area contributed by atoms with Crippen molar-refractivity contribution in [1.82, 2.24) is 15.0 Å². The van der Waals surface area contributed by atoms with Crippen LogP contribution in [0.4, 0.5) is 10.8 Å². The van der Waals surface area contributed by atoms with E-state index < -0.39 is 0 Å². The van der Waals surface area contributed by atoms with Crippen molar-refractivity contribution in [3.8, 4) is 11.3 Å². The SMILES string of the molecule is CCc1nc2ccc(C(=O)Nc3nc(-c4ccc5c(c4)CCN5C(=O)c4cccc(C)c4)c(C)s3)cc2nc1CC. The lowest BCUT2D eigenvalue weighted by Gasteiger charge is -2.18. The van der Waals surface area contributed by atoms with E-state index in [9.17, 15) is 9.59 Å². The first-order chi connectivity index (χ1) is 19.8. The van der Waals surface area contributed by atoms with Crippen molar-refractivity contribution < 1.29 is 9.59 Å². The van der Waals surface area contributed by atoms with E-state index in [1.165, 1.54) is 11.3 Å². The molecule has 0 radical (unpaired) electrons. The van der Waals surface area contributed by atoms with Gasteiger partial charge in [-0.25, -0.2) is 15.0 Å². The number of amides is 2. The molecule has 5 aromatic rings. The average Bonchev–Trinajstić information content (AvgIpc) is 3.58. The minimum absolute atomic E-state index is 0.0198. The van der Waals surface area contributed by atoms with Gasteiger partial charge in [-0.05, 0) is 81.1 Å². The molecule has 0 spiro atoms. The molecule has 1 aliphatic rings. The molecule has 3 aromatic carbocycles. The van der Waals surface area contributed by atoms with Crippen LogP contribution in [0.15, 0.2) is 60.7 Å². The number of nitrogens with one attached hydrogen (secondary N) is 1. The van der Waals surface area contributed by atoms with Crippen LogP contribution in [-0.2, 0) is 19.3 Å². The Kier molecular flexibility index (Phi) is 7.09. The normalized spacial score (nSPS) is 12.5. The predicted octanol–water partition coefficient (Wildman–Crippen LogP) is 6.95. The van der Waals surface area contributed by atoms with Crippen LogP contribution >= 0.6 is 11.3 Å². The van der Waals surface area contributed by atoms with E-state index in [-0.39, 0.29) is 11.8 Å². The zero-order valence-corrected chi connectivity index (χ0v) is 24.4. The highest BCUT2D eigenvalue weighted by molar-refractivity contribution is 7.16. The summed E-state index contributed by atoms with van der Waals surface area (Å²) in [5.74, 6) is -0.211. The highest BCUT2D eigenvalue weighted by Crippen LogP contribution is 2.36. The van der Waals surface area contributed by atoms with Crippen LogP contribution in [0.1, 0.15) is 62.0 Å². The van der Waals surface area contributed by atoms with Crippen molar-refractivity contribution in [2.75, 3.05) is 16.8 Å². The molecule has 6 rings (SSSR count). The Bertz CT molecular complexity index is 1830. The third-order valence-corrected chi connectivity index (χ3v) is 8.41. The van der Waals surface area contributed by atoms with Gasteiger partial charge in [-0.3, -0.25) is 14.9 Å². The molecule has 2 amide bonds. The van der Waals surface area contributed by atoms with Gasteiger partial charge in [0.1, 0.15) is 0 Å². The number of hydrogen-bond donors (Lipinski definition) is 1. The van der Waals surface area contributed by atoms with Crippen LogP contribution in [0.25, 0.3) is 22.3 Å². The number of fused-ring (bicyclic) bond motifs is 2. The highest BCUT2D eigenvalue weighted by atomic mass is 32.1. The Morgan fingerprint density at radius 2 is 1.66 bits per heavy atom. The van der Waals surface area contributed by atoms with Crippen molar-refractivity contribution in [3.63, 3.8) is 0 Å². The lowest BCUT2D eigenvalue weighted by atomic mass is 10.1. The van der Waals surface area contributed by atoms with Gasteiger partial charge in [0.15, 0.2) is 5.13 Å². The molecule has 8 heteroatoms. The fourth-order valence-corrected chi connectivity index (χ4v) is 6.25. The number of nitrogens with zero attached hydrogens (tertiary/aromatic N) is 4. The van der Waals surface area contributed by atoms with Crippen LogP contribution in [0.5, 0.6) is 0 Å². The summed E-state index contributed by atoms with van der Waals surface area (Å²) < 4.78 is 0. The summed E-state index contributed by atoms with van der Waals surface area (Å²) >= 11 is 1.45. The molecule has 7 nitrogen and oxygen atoms in total. The van der Waals surface area contributed by atoms with Crippen molar-refractivity contribution in [3.05, 3.63) is 99.2 Å². The first-order valence-electron chi connectivity index (χ1n) is 13.9. The van der Waals surface area contributed by atoms with Crippen molar-refractivity contribution >= 4 is 45.0 Å². The minimum atomic E-state index is -0.231. The van der Waals surface area contributed by atoms with E-state index in [1.54, 1.807) is 12.1 Å². The average molecular weight is 562 g/mol. The first-order valence-corrected chi connectivity index (χ1v) is 14.8. The molecule has 1 N–H and O–H groups in total. The summed E-state index contributed by atoms with van der Waals surface area (Å²) in [4.78, 5) is 43.5. The van der Waals surface area contributed by atoms with Gasteiger partial charge in [-0.1, -0.05) is 37.6 Å². The van der Waals surface area contributed by atoms with Gasteiger partial charge in [-0.2, -0.15) is 0 Å². The number of aromatic nitrogens is 3.